The molecule has 24 heavy (non-hydrogen) atoms. The van der Waals surface area contributed by atoms with Crippen molar-refractivity contribution in [1.82, 2.24) is 10.2 Å². The zero-order valence-electron chi connectivity index (χ0n) is 12.6. The Morgan fingerprint density at radius 2 is 2.04 bits per heavy atom. The van der Waals surface area contributed by atoms with Gasteiger partial charge in [-0.05, 0) is 48.2 Å². The van der Waals surface area contributed by atoms with E-state index in [2.05, 4.69) is 15.5 Å². The molecule has 1 N–H and O–H groups in total. The van der Waals surface area contributed by atoms with E-state index < -0.39 is 0 Å². The van der Waals surface area contributed by atoms with Gasteiger partial charge in [-0.25, -0.2) is 0 Å². The summed E-state index contributed by atoms with van der Waals surface area (Å²) in [5, 5.41) is 11.9. The number of amides is 1. The van der Waals surface area contributed by atoms with Gasteiger partial charge in [-0.1, -0.05) is 17.4 Å². The average Bonchev–Trinajstić information content (AvgIpc) is 3.37. The minimum Gasteiger partial charge on any atom is -0.462 e. The molecule has 1 saturated heterocycles. The van der Waals surface area contributed by atoms with Crippen LogP contribution in [0.25, 0.3) is 10.8 Å². The number of hydrogen-bond donors (Lipinski definition) is 1. The van der Waals surface area contributed by atoms with Gasteiger partial charge >= 0.3 is 0 Å². The third-order valence-electron chi connectivity index (χ3n) is 4.44. The molecule has 6 nitrogen and oxygen atoms in total. The molecule has 0 radical (unpaired) electrons. The molecule has 1 fully saturated rings. The van der Waals surface area contributed by atoms with Gasteiger partial charge in [0.2, 0.25) is 5.13 Å². The number of carbonyl (C=O) groups excluding carboxylic acids is 1. The van der Waals surface area contributed by atoms with E-state index in [1.165, 1.54) is 16.9 Å². The second kappa shape index (κ2) is 5.25. The molecule has 0 saturated carbocycles. The first-order valence-corrected chi connectivity index (χ1v) is 8.57. The zero-order valence-corrected chi connectivity index (χ0v) is 13.4. The topological polar surface area (TPSA) is 77.3 Å². The van der Waals surface area contributed by atoms with Crippen LogP contribution in [0.15, 0.2) is 41.0 Å². The van der Waals surface area contributed by atoms with Gasteiger partial charge in [0.15, 0.2) is 10.8 Å². The summed E-state index contributed by atoms with van der Waals surface area (Å²) in [4.78, 5) is 12.5. The number of furan rings is 1. The predicted octanol–water partition coefficient (Wildman–Crippen LogP) is 3.96. The molecule has 3 aromatic rings. The van der Waals surface area contributed by atoms with E-state index >= 15 is 0 Å². The van der Waals surface area contributed by atoms with E-state index in [4.69, 9.17) is 9.15 Å². The Kier molecular flexibility index (Phi) is 3.04. The Labute approximate surface area is 141 Å². The smallest absolute Gasteiger partial charge is 0.257 e. The molecule has 0 spiro atoms. The largest absolute Gasteiger partial charge is 0.462 e. The molecule has 7 heteroatoms. The third-order valence-corrected chi connectivity index (χ3v) is 5.29. The monoisotopic (exact) mass is 339 g/mol. The molecule has 120 valence electrons. The Bertz CT molecular complexity index is 919. The normalized spacial score (nSPS) is 21.0. The molecule has 1 aromatic carbocycles. The molecule has 2 unspecified atom stereocenters. The molecular formula is C17H13N3O3S. The lowest BCUT2D eigenvalue weighted by atomic mass is 9.90. The summed E-state index contributed by atoms with van der Waals surface area (Å²) in [6, 6.07) is 9.37. The van der Waals surface area contributed by atoms with Crippen LogP contribution in [-0.4, -0.2) is 16.1 Å². The van der Waals surface area contributed by atoms with Crippen molar-refractivity contribution >= 4 is 22.4 Å². The second-order valence-electron chi connectivity index (χ2n) is 5.88. The average molecular weight is 339 g/mol. The minimum atomic E-state index is -0.192. The Morgan fingerprint density at radius 1 is 1.17 bits per heavy atom. The van der Waals surface area contributed by atoms with Crippen LogP contribution >= 0.6 is 11.3 Å². The maximum Gasteiger partial charge on any atom is 0.257 e. The van der Waals surface area contributed by atoms with E-state index in [0.29, 0.717) is 21.5 Å². The van der Waals surface area contributed by atoms with Crippen LogP contribution < -0.4 is 5.32 Å². The SMILES string of the molecule is O=C(Nc1nnc(-c2ccco2)s1)c1ccc2c(c1)C1CCC2O1. The molecule has 2 bridgehead atoms. The summed E-state index contributed by atoms with van der Waals surface area (Å²) in [6.07, 6.45) is 4.04. The van der Waals surface area contributed by atoms with Crippen molar-refractivity contribution in [3.05, 3.63) is 53.3 Å². The van der Waals surface area contributed by atoms with Gasteiger partial charge in [0.1, 0.15) is 0 Å². The molecule has 1 amide bonds. The third kappa shape index (κ3) is 2.16. The van der Waals surface area contributed by atoms with Crippen molar-refractivity contribution in [3.8, 4) is 10.8 Å². The molecular weight excluding hydrogens is 326 g/mol. The number of ether oxygens (including phenoxy) is 1. The van der Waals surface area contributed by atoms with Crippen LogP contribution in [-0.2, 0) is 4.74 Å². The van der Waals surface area contributed by atoms with Crippen LogP contribution in [0, 0.1) is 0 Å². The predicted molar refractivity (Wildman–Crippen MR) is 87.8 cm³/mol. The number of carbonyl (C=O) groups is 1. The van der Waals surface area contributed by atoms with E-state index in [1.54, 1.807) is 12.3 Å². The minimum absolute atomic E-state index is 0.143. The van der Waals surface area contributed by atoms with Gasteiger partial charge in [-0.2, -0.15) is 0 Å². The lowest BCUT2D eigenvalue weighted by Crippen LogP contribution is -2.13. The highest BCUT2D eigenvalue weighted by Crippen LogP contribution is 2.50. The Hall–Kier alpha value is -2.51. The van der Waals surface area contributed by atoms with Gasteiger partial charge < -0.3 is 9.15 Å². The lowest BCUT2D eigenvalue weighted by molar-refractivity contribution is 0.0716. The van der Waals surface area contributed by atoms with E-state index in [-0.39, 0.29) is 18.1 Å². The van der Waals surface area contributed by atoms with Crippen molar-refractivity contribution in [2.75, 3.05) is 5.32 Å². The van der Waals surface area contributed by atoms with Gasteiger partial charge in [-0.3, -0.25) is 10.1 Å². The summed E-state index contributed by atoms with van der Waals surface area (Å²) in [5.74, 6) is 0.446. The number of benzene rings is 1. The molecule has 4 heterocycles. The number of nitrogens with zero attached hydrogens (tertiary/aromatic N) is 2. The summed E-state index contributed by atoms with van der Waals surface area (Å²) in [7, 11) is 0. The van der Waals surface area contributed by atoms with Crippen LogP contribution in [0.3, 0.4) is 0 Å². The van der Waals surface area contributed by atoms with Crippen molar-refractivity contribution in [2.24, 2.45) is 0 Å². The van der Waals surface area contributed by atoms with Gasteiger partial charge in [0.05, 0.1) is 18.5 Å². The fraction of sp³-hybridized carbons (Fsp3) is 0.235. The molecule has 2 atom stereocenters. The van der Waals surface area contributed by atoms with Crippen molar-refractivity contribution in [2.45, 2.75) is 25.0 Å². The molecule has 2 aliphatic rings. The van der Waals surface area contributed by atoms with E-state index in [9.17, 15) is 4.79 Å². The molecule has 0 aliphatic carbocycles. The maximum atomic E-state index is 12.5. The summed E-state index contributed by atoms with van der Waals surface area (Å²) in [5.41, 5.74) is 2.98. The number of hydrogen-bond acceptors (Lipinski definition) is 6. The highest BCUT2D eigenvalue weighted by Gasteiger charge is 2.38. The van der Waals surface area contributed by atoms with Crippen LogP contribution in [0.4, 0.5) is 5.13 Å². The van der Waals surface area contributed by atoms with Gasteiger partial charge in [-0.15, -0.1) is 10.2 Å². The summed E-state index contributed by atoms with van der Waals surface area (Å²) in [6.45, 7) is 0. The first kappa shape index (κ1) is 13.9. The fourth-order valence-corrected chi connectivity index (χ4v) is 4.03. The van der Waals surface area contributed by atoms with Crippen LogP contribution in [0.1, 0.15) is 46.5 Å². The molecule has 2 aliphatic heterocycles. The van der Waals surface area contributed by atoms with E-state index in [1.807, 2.05) is 24.3 Å². The summed E-state index contributed by atoms with van der Waals surface area (Å²) < 4.78 is 11.2. The quantitative estimate of drug-likeness (QED) is 0.781. The number of nitrogens with one attached hydrogen (secondary N) is 1. The van der Waals surface area contributed by atoms with Crippen molar-refractivity contribution in [1.29, 1.82) is 0 Å². The van der Waals surface area contributed by atoms with Gasteiger partial charge in [0.25, 0.3) is 5.91 Å². The number of anilines is 1. The zero-order chi connectivity index (χ0) is 16.1. The highest BCUT2D eigenvalue weighted by atomic mass is 32.1. The lowest BCUT2D eigenvalue weighted by Gasteiger charge is -2.12. The first-order valence-electron chi connectivity index (χ1n) is 7.76. The first-order chi connectivity index (χ1) is 11.8. The standard InChI is InChI=1S/C17H13N3O3S/c21-15(18-17-20-19-16(24-17)14-2-1-7-22-14)9-3-4-10-11(8-9)13-6-5-12(10)23-13/h1-4,7-8,12-13H,5-6H2,(H,18,20,21). The number of fused-ring (bicyclic) bond motifs is 5. The van der Waals surface area contributed by atoms with Gasteiger partial charge in [0, 0.05) is 5.56 Å². The van der Waals surface area contributed by atoms with E-state index in [0.717, 1.165) is 18.4 Å². The van der Waals surface area contributed by atoms with Crippen LogP contribution in [0.5, 0.6) is 0 Å². The molecule has 5 rings (SSSR count). The fourth-order valence-electron chi connectivity index (χ4n) is 3.33. The number of rotatable bonds is 3. The maximum absolute atomic E-state index is 12.5. The van der Waals surface area contributed by atoms with Crippen molar-refractivity contribution in [3.63, 3.8) is 0 Å². The Morgan fingerprint density at radius 3 is 2.88 bits per heavy atom. The number of aromatic nitrogens is 2. The highest BCUT2D eigenvalue weighted by molar-refractivity contribution is 7.18. The van der Waals surface area contributed by atoms with Crippen LogP contribution in [0.2, 0.25) is 0 Å². The second-order valence-corrected chi connectivity index (χ2v) is 6.86. The van der Waals surface area contributed by atoms with Crippen molar-refractivity contribution < 1.29 is 13.9 Å². The molecule has 2 aromatic heterocycles. The summed E-state index contributed by atoms with van der Waals surface area (Å²) >= 11 is 1.28. The Balaban J connectivity index is 1.37.